The largest absolute Gasteiger partial charge is 0.419 e. The van der Waals surface area contributed by atoms with Gasteiger partial charge in [-0.1, -0.05) is 6.07 Å². The number of hydrogen-bond acceptors (Lipinski definition) is 2. The SMILES string of the molecule is Cl.N[C@@H](c1ccc(F)c(C(F)(F)F)c1)C(F)(F)CO. The van der Waals surface area contributed by atoms with E-state index < -0.39 is 41.7 Å². The second-order valence-electron chi connectivity index (χ2n) is 3.63. The van der Waals surface area contributed by atoms with Gasteiger partial charge in [-0.2, -0.15) is 13.2 Å². The summed E-state index contributed by atoms with van der Waals surface area (Å²) >= 11 is 0. The molecule has 0 unspecified atom stereocenters. The van der Waals surface area contributed by atoms with Gasteiger partial charge in [-0.25, -0.2) is 13.2 Å². The predicted molar refractivity (Wildman–Crippen MR) is 57.6 cm³/mol. The van der Waals surface area contributed by atoms with Crippen LogP contribution in [0, 0.1) is 5.82 Å². The molecular formula is C10H10ClF6NO. The lowest BCUT2D eigenvalue weighted by Gasteiger charge is -2.22. The highest BCUT2D eigenvalue weighted by atomic mass is 35.5. The van der Waals surface area contributed by atoms with Crippen LogP contribution in [0.3, 0.4) is 0 Å². The fraction of sp³-hybridized carbons (Fsp3) is 0.400. The van der Waals surface area contributed by atoms with Gasteiger partial charge in [0.05, 0.1) is 11.6 Å². The maximum atomic E-state index is 13.0. The normalized spacial score (nSPS) is 13.9. The highest BCUT2D eigenvalue weighted by molar-refractivity contribution is 5.85. The fourth-order valence-corrected chi connectivity index (χ4v) is 1.30. The summed E-state index contributed by atoms with van der Waals surface area (Å²) in [4.78, 5) is 0. The van der Waals surface area contributed by atoms with Crippen LogP contribution in [-0.4, -0.2) is 17.6 Å². The van der Waals surface area contributed by atoms with Crippen molar-refractivity contribution in [3.8, 4) is 0 Å². The number of nitrogens with two attached hydrogens (primary N) is 1. The third-order valence-corrected chi connectivity index (χ3v) is 2.32. The molecule has 0 aliphatic carbocycles. The van der Waals surface area contributed by atoms with E-state index in [1.165, 1.54) is 0 Å². The molecule has 1 atom stereocenters. The van der Waals surface area contributed by atoms with Crippen molar-refractivity contribution in [2.75, 3.05) is 6.61 Å². The van der Waals surface area contributed by atoms with E-state index in [9.17, 15) is 26.3 Å². The van der Waals surface area contributed by atoms with Crippen LogP contribution in [0.15, 0.2) is 18.2 Å². The first-order valence-electron chi connectivity index (χ1n) is 4.70. The molecule has 1 rings (SSSR count). The first-order valence-corrected chi connectivity index (χ1v) is 4.70. The Hall–Kier alpha value is -0.990. The zero-order valence-corrected chi connectivity index (χ0v) is 10.0. The number of alkyl halides is 5. The summed E-state index contributed by atoms with van der Waals surface area (Å²) in [5.74, 6) is -5.37. The van der Waals surface area contributed by atoms with E-state index in [2.05, 4.69) is 0 Å². The van der Waals surface area contributed by atoms with Crippen molar-refractivity contribution in [2.24, 2.45) is 5.73 Å². The van der Waals surface area contributed by atoms with Crippen molar-refractivity contribution in [3.05, 3.63) is 35.1 Å². The average Bonchev–Trinajstić information content (AvgIpc) is 2.27. The molecule has 0 amide bonds. The van der Waals surface area contributed by atoms with Gasteiger partial charge in [0.1, 0.15) is 12.4 Å². The Morgan fingerprint density at radius 3 is 2.11 bits per heavy atom. The van der Waals surface area contributed by atoms with Gasteiger partial charge in [0, 0.05) is 0 Å². The van der Waals surface area contributed by atoms with Crippen LogP contribution < -0.4 is 5.73 Å². The van der Waals surface area contributed by atoms with Gasteiger partial charge in [0.15, 0.2) is 0 Å². The molecular weight excluding hydrogens is 300 g/mol. The highest BCUT2D eigenvalue weighted by Crippen LogP contribution is 2.35. The summed E-state index contributed by atoms with van der Waals surface area (Å²) in [6, 6.07) is -0.808. The molecule has 3 N–H and O–H groups in total. The predicted octanol–water partition coefficient (Wildman–Crippen LogP) is 2.89. The van der Waals surface area contributed by atoms with Crippen LogP contribution in [0.25, 0.3) is 0 Å². The summed E-state index contributed by atoms with van der Waals surface area (Å²) in [6.45, 7) is -1.62. The van der Waals surface area contributed by atoms with E-state index in [1.807, 2.05) is 0 Å². The first-order chi connectivity index (χ1) is 8.09. The van der Waals surface area contributed by atoms with Crippen LogP contribution >= 0.6 is 12.4 Å². The van der Waals surface area contributed by atoms with Crippen LogP contribution in [0.5, 0.6) is 0 Å². The molecule has 1 aromatic rings. The Morgan fingerprint density at radius 2 is 1.68 bits per heavy atom. The van der Waals surface area contributed by atoms with Crippen molar-refractivity contribution in [1.29, 1.82) is 0 Å². The maximum absolute atomic E-state index is 13.0. The minimum Gasteiger partial charge on any atom is -0.390 e. The number of aliphatic hydroxyl groups is 1. The zero-order valence-electron chi connectivity index (χ0n) is 9.22. The summed E-state index contributed by atoms with van der Waals surface area (Å²) in [6.07, 6.45) is -5.01. The van der Waals surface area contributed by atoms with Gasteiger partial charge in [0.25, 0.3) is 5.92 Å². The summed E-state index contributed by atoms with van der Waals surface area (Å²) in [5, 5.41) is 8.38. The highest BCUT2D eigenvalue weighted by Gasteiger charge is 2.40. The van der Waals surface area contributed by atoms with Crippen LogP contribution in [-0.2, 0) is 6.18 Å². The lowest BCUT2D eigenvalue weighted by atomic mass is 9.99. The molecule has 0 heterocycles. The molecule has 9 heteroatoms. The lowest BCUT2D eigenvalue weighted by molar-refractivity contribution is -0.140. The van der Waals surface area contributed by atoms with Crippen LogP contribution in [0.2, 0.25) is 0 Å². The molecule has 0 radical (unpaired) electrons. The minimum absolute atomic E-state index is 0. The third kappa shape index (κ3) is 3.99. The van der Waals surface area contributed by atoms with Gasteiger partial charge in [-0.3, -0.25) is 0 Å². The first kappa shape index (κ1) is 18.0. The molecule has 0 spiro atoms. The number of halogens is 7. The molecule has 0 aromatic heterocycles. The molecule has 0 saturated heterocycles. The van der Waals surface area contributed by atoms with Crippen LogP contribution in [0.1, 0.15) is 17.2 Å². The smallest absolute Gasteiger partial charge is 0.390 e. The maximum Gasteiger partial charge on any atom is 0.419 e. The molecule has 0 aliphatic rings. The molecule has 0 fully saturated rings. The van der Waals surface area contributed by atoms with E-state index in [0.717, 1.165) is 6.07 Å². The summed E-state index contributed by atoms with van der Waals surface area (Å²) in [7, 11) is 0. The third-order valence-electron chi connectivity index (χ3n) is 2.32. The van der Waals surface area contributed by atoms with Crippen LogP contribution in [0.4, 0.5) is 26.3 Å². The van der Waals surface area contributed by atoms with Crippen molar-refractivity contribution in [1.82, 2.24) is 0 Å². The van der Waals surface area contributed by atoms with Crippen molar-refractivity contribution in [2.45, 2.75) is 18.1 Å². The Bertz CT molecular complexity index is 437. The number of hydrogen-bond donors (Lipinski definition) is 2. The second-order valence-corrected chi connectivity index (χ2v) is 3.63. The molecule has 0 aliphatic heterocycles. The number of rotatable bonds is 3. The number of aliphatic hydroxyl groups excluding tert-OH is 1. The molecule has 0 saturated carbocycles. The standard InChI is InChI=1S/C10H9F6NO.ClH/c11-7-2-1-5(3-6(7)10(14,15)16)8(17)9(12,13)4-18;/h1-3,8,18H,4,17H2;1H/t8-;/m0./s1. The quantitative estimate of drug-likeness (QED) is 0.843. The number of benzene rings is 1. The lowest BCUT2D eigenvalue weighted by Crippen LogP contribution is -2.36. The van der Waals surface area contributed by atoms with Crippen molar-refractivity contribution >= 4 is 12.4 Å². The Labute approximate surface area is 110 Å². The summed E-state index contributed by atoms with van der Waals surface area (Å²) in [5.41, 5.74) is 2.76. The second kappa shape index (κ2) is 5.98. The van der Waals surface area contributed by atoms with E-state index in [0.29, 0.717) is 6.07 Å². The Morgan fingerprint density at radius 1 is 1.16 bits per heavy atom. The fourth-order valence-electron chi connectivity index (χ4n) is 1.30. The van der Waals surface area contributed by atoms with Gasteiger partial charge in [0.2, 0.25) is 0 Å². The summed E-state index contributed by atoms with van der Waals surface area (Å²) < 4.78 is 76.0. The Balaban J connectivity index is 0.00000324. The zero-order chi connectivity index (χ0) is 14.1. The van der Waals surface area contributed by atoms with Gasteiger partial charge >= 0.3 is 6.18 Å². The van der Waals surface area contributed by atoms with E-state index in [-0.39, 0.29) is 18.5 Å². The monoisotopic (exact) mass is 309 g/mol. The molecule has 110 valence electrons. The topological polar surface area (TPSA) is 46.2 Å². The van der Waals surface area contributed by atoms with Crippen molar-refractivity contribution < 1.29 is 31.4 Å². The molecule has 1 aromatic carbocycles. The molecule has 19 heavy (non-hydrogen) atoms. The van der Waals surface area contributed by atoms with Gasteiger partial charge in [-0.15, -0.1) is 12.4 Å². The minimum atomic E-state index is -5.01. The van der Waals surface area contributed by atoms with Gasteiger partial charge < -0.3 is 10.8 Å². The van der Waals surface area contributed by atoms with E-state index >= 15 is 0 Å². The Kier molecular flexibility index (Phi) is 5.66. The van der Waals surface area contributed by atoms with E-state index in [1.54, 1.807) is 0 Å². The molecule has 2 nitrogen and oxygen atoms in total. The average molecular weight is 310 g/mol. The van der Waals surface area contributed by atoms with Crippen molar-refractivity contribution in [3.63, 3.8) is 0 Å². The van der Waals surface area contributed by atoms with E-state index in [4.69, 9.17) is 10.8 Å². The van der Waals surface area contributed by atoms with Gasteiger partial charge in [-0.05, 0) is 17.7 Å². The molecule has 0 bridgehead atoms.